The Kier molecular flexibility index (Phi) is 7.09. The molecule has 0 atom stereocenters. The molecule has 0 unspecified atom stereocenters. The molecule has 0 radical (unpaired) electrons. The standard InChI is InChI=1S/C19H18ClN5O3S/c1-12(26)21-14-3-2-4-15(9-14)22-18(27)11-29-19-23-17(24-25-19)10-28-16-7-5-13(20)6-8-16/h2-9H,10-11H2,1H3,(H,21,26)(H,22,27)(H,23,24,25). The second kappa shape index (κ2) is 9.94. The van der Waals surface area contributed by atoms with Crippen LogP contribution in [-0.2, 0) is 16.2 Å². The molecule has 0 aliphatic heterocycles. The highest BCUT2D eigenvalue weighted by Crippen LogP contribution is 2.18. The fourth-order valence-corrected chi connectivity index (χ4v) is 3.04. The van der Waals surface area contributed by atoms with Gasteiger partial charge in [0.2, 0.25) is 17.0 Å². The molecule has 29 heavy (non-hydrogen) atoms. The van der Waals surface area contributed by atoms with Crippen molar-refractivity contribution < 1.29 is 14.3 Å². The summed E-state index contributed by atoms with van der Waals surface area (Å²) in [5.41, 5.74) is 1.20. The van der Waals surface area contributed by atoms with Crippen LogP contribution in [-0.4, -0.2) is 32.7 Å². The number of hydrogen-bond donors (Lipinski definition) is 3. The van der Waals surface area contributed by atoms with Crippen molar-refractivity contribution in [2.24, 2.45) is 0 Å². The Balaban J connectivity index is 1.46. The van der Waals surface area contributed by atoms with E-state index in [0.717, 1.165) is 0 Å². The zero-order chi connectivity index (χ0) is 20.6. The van der Waals surface area contributed by atoms with E-state index in [4.69, 9.17) is 16.3 Å². The van der Waals surface area contributed by atoms with Crippen LogP contribution in [0.15, 0.2) is 53.7 Å². The molecule has 3 rings (SSSR count). The lowest BCUT2D eigenvalue weighted by molar-refractivity contribution is -0.114. The Morgan fingerprint density at radius 2 is 1.86 bits per heavy atom. The van der Waals surface area contributed by atoms with Gasteiger partial charge in [0.25, 0.3) is 0 Å². The molecule has 0 fully saturated rings. The third kappa shape index (κ3) is 6.81. The SMILES string of the molecule is CC(=O)Nc1cccc(NC(=O)CSc2n[nH]c(COc3ccc(Cl)cc3)n2)c1. The summed E-state index contributed by atoms with van der Waals surface area (Å²) in [5, 5.41) is 13.4. The number of nitrogens with zero attached hydrogens (tertiary/aromatic N) is 2. The van der Waals surface area contributed by atoms with Crippen molar-refractivity contribution in [2.75, 3.05) is 16.4 Å². The monoisotopic (exact) mass is 431 g/mol. The Morgan fingerprint density at radius 3 is 2.59 bits per heavy atom. The molecular weight excluding hydrogens is 414 g/mol. The molecule has 0 aliphatic carbocycles. The number of rotatable bonds is 8. The van der Waals surface area contributed by atoms with Gasteiger partial charge in [0, 0.05) is 23.3 Å². The van der Waals surface area contributed by atoms with Crippen LogP contribution in [0.4, 0.5) is 11.4 Å². The summed E-state index contributed by atoms with van der Waals surface area (Å²) in [4.78, 5) is 27.5. The lowest BCUT2D eigenvalue weighted by Gasteiger charge is -2.07. The van der Waals surface area contributed by atoms with E-state index >= 15 is 0 Å². The molecule has 1 heterocycles. The van der Waals surface area contributed by atoms with Crippen LogP contribution >= 0.6 is 23.4 Å². The molecule has 0 aliphatic rings. The Hall–Kier alpha value is -3.04. The first-order valence-corrected chi connectivity index (χ1v) is 9.94. The van der Waals surface area contributed by atoms with E-state index in [1.807, 2.05) is 0 Å². The number of ether oxygens (including phenoxy) is 1. The van der Waals surface area contributed by atoms with Crippen LogP contribution in [0.25, 0.3) is 0 Å². The number of carbonyl (C=O) groups excluding carboxylic acids is 2. The molecule has 150 valence electrons. The quantitative estimate of drug-likeness (QED) is 0.469. The number of hydrogen-bond acceptors (Lipinski definition) is 6. The number of anilines is 2. The van der Waals surface area contributed by atoms with Crippen LogP contribution in [0.5, 0.6) is 5.75 Å². The van der Waals surface area contributed by atoms with E-state index in [2.05, 4.69) is 25.8 Å². The predicted molar refractivity (Wildman–Crippen MR) is 112 cm³/mol. The smallest absolute Gasteiger partial charge is 0.234 e. The molecule has 0 bridgehead atoms. The number of aromatic amines is 1. The zero-order valence-electron chi connectivity index (χ0n) is 15.4. The van der Waals surface area contributed by atoms with Crippen molar-refractivity contribution in [3.8, 4) is 5.75 Å². The number of thioether (sulfide) groups is 1. The Bertz CT molecular complexity index is 994. The summed E-state index contributed by atoms with van der Waals surface area (Å²) in [6, 6.07) is 13.9. The van der Waals surface area contributed by atoms with Gasteiger partial charge in [-0.15, -0.1) is 5.10 Å². The first kappa shape index (κ1) is 20.7. The number of amides is 2. The summed E-state index contributed by atoms with van der Waals surface area (Å²) in [7, 11) is 0. The van der Waals surface area contributed by atoms with Gasteiger partial charge >= 0.3 is 0 Å². The average Bonchev–Trinajstić information content (AvgIpc) is 3.14. The lowest BCUT2D eigenvalue weighted by Crippen LogP contribution is -2.14. The van der Waals surface area contributed by atoms with Crippen LogP contribution < -0.4 is 15.4 Å². The topological polar surface area (TPSA) is 109 Å². The molecule has 8 nitrogen and oxygen atoms in total. The number of H-pyrrole nitrogens is 1. The van der Waals surface area contributed by atoms with Gasteiger partial charge in [-0.25, -0.2) is 4.98 Å². The van der Waals surface area contributed by atoms with Gasteiger partial charge in [0.15, 0.2) is 5.82 Å². The maximum Gasteiger partial charge on any atom is 0.234 e. The van der Waals surface area contributed by atoms with Crippen molar-refractivity contribution >= 4 is 46.6 Å². The molecule has 0 spiro atoms. The highest BCUT2D eigenvalue weighted by Gasteiger charge is 2.09. The zero-order valence-corrected chi connectivity index (χ0v) is 17.0. The minimum atomic E-state index is -0.210. The summed E-state index contributed by atoms with van der Waals surface area (Å²) < 4.78 is 5.59. The van der Waals surface area contributed by atoms with Crippen LogP contribution in [0.3, 0.4) is 0 Å². The van der Waals surface area contributed by atoms with Gasteiger partial charge in [-0.05, 0) is 42.5 Å². The molecular formula is C19H18ClN5O3S. The van der Waals surface area contributed by atoms with Gasteiger partial charge in [-0.1, -0.05) is 29.4 Å². The van der Waals surface area contributed by atoms with Crippen molar-refractivity contribution in [2.45, 2.75) is 18.7 Å². The Morgan fingerprint density at radius 1 is 1.14 bits per heavy atom. The average molecular weight is 432 g/mol. The number of nitrogens with one attached hydrogen (secondary N) is 3. The van der Waals surface area contributed by atoms with Crippen molar-refractivity contribution in [1.82, 2.24) is 15.2 Å². The minimum Gasteiger partial charge on any atom is -0.486 e. The van der Waals surface area contributed by atoms with Gasteiger partial charge in [-0.2, -0.15) is 0 Å². The molecule has 2 aromatic carbocycles. The fourth-order valence-electron chi connectivity index (χ4n) is 2.29. The second-order valence-corrected chi connectivity index (χ2v) is 7.29. The van der Waals surface area contributed by atoms with Gasteiger partial charge in [0.05, 0.1) is 5.75 Å². The largest absolute Gasteiger partial charge is 0.486 e. The maximum absolute atomic E-state index is 12.1. The molecule has 3 N–H and O–H groups in total. The van der Waals surface area contributed by atoms with E-state index in [0.29, 0.717) is 33.1 Å². The predicted octanol–water partition coefficient (Wildman–Crippen LogP) is 3.73. The Labute approximate surface area is 176 Å². The van der Waals surface area contributed by atoms with Crippen LogP contribution in [0.1, 0.15) is 12.7 Å². The lowest BCUT2D eigenvalue weighted by atomic mass is 10.2. The van der Waals surface area contributed by atoms with Crippen molar-refractivity contribution in [1.29, 1.82) is 0 Å². The summed E-state index contributed by atoms with van der Waals surface area (Å²) >= 11 is 7.03. The number of carbonyl (C=O) groups is 2. The van der Waals surface area contributed by atoms with E-state index in [1.165, 1.54) is 18.7 Å². The van der Waals surface area contributed by atoms with Crippen molar-refractivity contribution in [3.05, 3.63) is 59.4 Å². The van der Waals surface area contributed by atoms with Crippen LogP contribution in [0.2, 0.25) is 5.02 Å². The molecule has 1 aromatic heterocycles. The van der Waals surface area contributed by atoms with Gasteiger partial charge in [-0.3, -0.25) is 14.7 Å². The first-order chi connectivity index (χ1) is 14.0. The molecule has 3 aromatic rings. The molecule has 0 saturated heterocycles. The first-order valence-electron chi connectivity index (χ1n) is 8.58. The maximum atomic E-state index is 12.1. The highest BCUT2D eigenvalue weighted by molar-refractivity contribution is 7.99. The summed E-state index contributed by atoms with van der Waals surface area (Å²) in [6.45, 7) is 1.64. The summed E-state index contributed by atoms with van der Waals surface area (Å²) in [6.07, 6.45) is 0. The molecule has 2 amide bonds. The number of aromatic nitrogens is 3. The minimum absolute atomic E-state index is 0.139. The second-order valence-electron chi connectivity index (χ2n) is 5.91. The van der Waals surface area contributed by atoms with Crippen molar-refractivity contribution in [3.63, 3.8) is 0 Å². The highest BCUT2D eigenvalue weighted by atomic mass is 35.5. The third-order valence-corrected chi connectivity index (χ3v) is 4.60. The van der Waals surface area contributed by atoms with Gasteiger partial charge < -0.3 is 15.4 Å². The normalized spacial score (nSPS) is 10.4. The number of benzene rings is 2. The van der Waals surface area contributed by atoms with Crippen LogP contribution in [0, 0.1) is 0 Å². The van der Waals surface area contributed by atoms with E-state index in [1.54, 1.807) is 48.5 Å². The van der Waals surface area contributed by atoms with E-state index in [-0.39, 0.29) is 24.2 Å². The van der Waals surface area contributed by atoms with E-state index in [9.17, 15) is 9.59 Å². The molecule has 10 heteroatoms. The summed E-state index contributed by atoms with van der Waals surface area (Å²) in [5.74, 6) is 0.967. The van der Waals surface area contributed by atoms with Gasteiger partial charge in [0.1, 0.15) is 12.4 Å². The fraction of sp³-hybridized carbons (Fsp3) is 0.158. The molecule has 0 saturated carbocycles. The number of halogens is 1. The third-order valence-electron chi connectivity index (χ3n) is 3.50. The van der Waals surface area contributed by atoms with E-state index < -0.39 is 0 Å².